The smallest absolute Gasteiger partial charge is 0.350 e. The second kappa shape index (κ2) is 10.7. The van der Waals surface area contributed by atoms with Crippen molar-refractivity contribution >= 4 is 45.5 Å². The predicted octanol–water partition coefficient (Wildman–Crippen LogP) is 4.54. The number of carbonyl (C=O) groups is 3. The molecule has 1 aromatic carbocycles. The number of hydrogen-bond donors (Lipinski definition) is 1. The minimum Gasteiger partial charge on any atom is -0.505 e. The Balaban J connectivity index is 1.77. The van der Waals surface area contributed by atoms with Crippen molar-refractivity contribution in [2.45, 2.75) is 33.7 Å². The molecule has 1 fully saturated rings. The first-order chi connectivity index (χ1) is 19.6. The number of Topliss-reactive ketones (excluding diaryl/α,β-unsaturated/α-hetero) is 1. The van der Waals surface area contributed by atoms with E-state index in [0.29, 0.717) is 40.7 Å². The SMILES string of the molecule is CCOc1ccc(C2C(=C(O)c3nc4c(C)cccn4c3C)C(=O)C(=O)N2c2nc(C)c(C(=O)OC)s2)cc1OC. The molecule has 1 aliphatic rings. The summed E-state index contributed by atoms with van der Waals surface area (Å²) in [6, 6.07) is 7.64. The molecule has 4 heterocycles. The van der Waals surface area contributed by atoms with Gasteiger partial charge in [-0.15, -0.1) is 0 Å². The molecule has 4 aromatic rings. The summed E-state index contributed by atoms with van der Waals surface area (Å²) >= 11 is 0.921. The molecule has 5 rings (SSSR count). The average molecular weight is 577 g/mol. The number of thiazole rings is 1. The number of fused-ring (bicyclic) bond motifs is 1. The molecule has 212 valence electrons. The number of aryl methyl sites for hydroxylation is 3. The molecule has 0 saturated carbocycles. The number of methoxy groups -OCH3 is 2. The van der Waals surface area contributed by atoms with Crippen LogP contribution in [0, 0.1) is 20.8 Å². The number of benzene rings is 1. The molecule has 1 amide bonds. The monoisotopic (exact) mass is 576 g/mol. The van der Waals surface area contributed by atoms with Crippen molar-refractivity contribution in [1.82, 2.24) is 14.4 Å². The molecule has 12 heteroatoms. The molecule has 1 N–H and O–H groups in total. The van der Waals surface area contributed by atoms with Crippen LogP contribution in [0.4, 0.5) is 5.13 Å². The van der Waals surface area contributed by atoms with Gasteiger partial charge >= 0.3 is 11.9 Å². The van der Waals surface area contributed by atoms with Crippen molar-refractivity contribution in [2.24, 2.45) is 0 Å². The standard InChI is InChI=1S/C29H28N4O7S/c1-7-40-18-11-10-17(13-19(18)38-5)22-20(23(34)21-16(4)32-12-8-9-14(2)26(32)31-21)24(35)27(36)33(22)29-30-15(3)25(41-29)28(37)39-6/h8-13,22,34H,7H2,1-6H3. The molecular weight excluding hydrogens is 548 g/mol. The van der Waals surface area contributed by atoms with E-state index in [2.05, 4.69) is 9.97 Å². The van der Waals surface area contributed by atoms with Crippen molar-refractivity contribution in [3.05, 3.63) is 75.2 Å². The highest BCUT2D eigenvalue weighted by atomic mass is 32.1. The van der Waals surface area contributed by atoms with E-state index in [1.807, 2.05) is 36.6 Å². The van der Waals surface area contributed by atoms with Crippen molar-refractivity contribution in [3.63, 3.8) is 0 Å². The van der Waals surface area contributed by atoms with Crippen LogP contribution in [0.3, 0.4) is 0 Å². The summed E-state index contributed by atoms with van der Waals surface area (Å²) in [7, 11) is 2.73. The fourth-order valence-corrected chi connectivity index (χ4v) is 5.93. The van der Waals surface area contributed by atoms with Gasteiger partial charge in [-0.25, -0.2) is 14.8 Å². The van der Waals surface area contributed by atoms with Crippen molar-refractivity contribution < 1.29 is 33.7 Å². The van der Waals surface area contributed by atoms with Crippen LogP contribution in [0.1, 0.15) is 50.8 Å². The van der Waals surface area contributed by atoms with Gasteiger partial charge in [-0.1, -0.05) is 23.5 Å². The number of ketones is 1. The Labute approximate surface area is 239 Å². The van der Waals surface area contributed by atoms with Gasteiger partial charge in [0.15, 0.2) is 22.4 Å². The molecule has 1 atom stereocenters. The van der Waals surface area contributed by atoms with E-state index in [9.17, 15) is 19.5 Å². The Morgan fingerprint density at radius 1 is 1.10 bits per heavy atom. The maximum Gasteiger partial charge on any atom is 0.350 e. The van der Waals surface area contributed by atoms with Crippen LogP contribution in [0.25, 0.3) is 11.4 Å². The minimum atomic E-state index is -1.11. The number of pyridine rings is 1. The van der Waals surface area contributed by atoms with E-state index >= 15 is 0 Å². The first kappa shape index (κ1) is 27.8. The van der Waals surface area contributed by atoms with Crippen molar-refractivity contribution in [2.75, 3.05) is 25.7 Å². The minimum absolute atomic E-state index is 0.101. The van der Waals surface area contributed by atoms with Gasteiger partial charge in [-0.05, 0) is 57.0 Å². The number of aromatic nitrogens is 3. The highest BCUT2D eigenvalue weighted by Crippen LogP contribution is 2.45. The lowest BCUT2D eigenvalue weighted by atomic mass is 9.96. The number of imidazole rings is 1. The van der Waals surface area contributed by atoms with E-state index in [1.165, 1.54) is 19.1 Å². The molecular formula is C29H28N4O7S. The fourth-order valence-electron chi connectivity index (χ4n) is 4.92. The van der Waals surface area contributed by atoms with Crippen molar-refractivity contribution in [3.8, 4) is 11.5 Å². The predicted molar refractivity (Wildman–Crippen MR) is 152 cm³/mol. The largest absolute Gasteiger partial charge is 0.505 e. The van der Waals surface area contributed by atoms with Gasteiger partial charge in [0.2, 0.25) is 0 Å². The van der Waals surface area contributed by atoms with Gasteiger partial charge in [-0.2, -0.15) is 0 Å². The zero-order chi connectivity index (χ0) is 29.6. The third kappa shape index (κ3) is 4.49. The molecule has 0 radical (unpaired) electrons. The topological polar surface area (TPSA) is 133 Å². The fraction of sp³-hybridized carbons (Fsp3) is 0.276. The van der Waals surface area contributed by atoms with Crippen LogP contribution in [0.5, 0.6) is 11.5 Å². The number of rotatable bonds is 7. The number of aliphatic hydroxyl groups excluding tert-OH is 1. The third-order valence-electron chi connectivity index (χ3n) is 6.92. The Bertz CT molecular complexity index is 1750. The van der Waals surface area contributed by atoms with Gasteiger partial charge in [0.05, 0.1) is 43.8 Å². The van der Waals surface area contributed by atoms with Gasteiger partial charge in [0.25, 0.3) is 5.78 Å². The van der Waals surface area contributed by atoms with E-state index in [1.54, 1.807) is 32.0 Å². The maximum absolute atomic E-state index is 13.7. The second-order valence-electron chi connectivity index (χ2n) is 9.35. The number of nitrogens with zero attached hydrogens (tertiary/aromatic N) is 4. The third-order valence-corrected chi connectivity index (χ3v) is 8.05. The van der Waals surface area contributed by atoms with Crippen LogP contribution in [-0.2, 0) is 14.3 Å². The van der Waals surface area contributed by atoms with E-state index in [4.69, 9.17) is 14.2 Å². The van der Waals surface area contributed by atoms with Crippen LogP contribution in [-0.4, -0.2) is 58.0 Å². The summed E-state index contributed by atoms with van der Waals surface area (Å²) < 4.78 is 17.9. The van der Waals surface area contributed by atoms with Crippen LogP contribution >= 0.6 is 11.3 Å². The summed E-state index contributed by atoms with van der Waals surface area (Å²) in [6.07, 6.45) is 1.81. The van der Waals surface area contributed by atoms with E-state index in [0.717, 1.165) is 16.9 Å². The molecule has 41 heavy (non-hydrogen) atoms. The number of amides is 1. The summed E-state index contributed by atoms with van der Waals surface area (Å²) in [6.45, 7) is 7.51. The molecule has 1 unspecified atom stereocenters. The summed E-state index contributed by atoms with van der Waals surface area (Å²) in [5.74, 6) is -2.02. The Kier molecular flexibility index (Phi) is 7.26. The molecule has 3 aromatic heterocycles. The molecule has 1 aliphatic heterocycles. The molecule has 1 saturated heterocycles. The summed E-state index contributed by atoms with van der Waals surface area (Å²) in [4.78, 5) is 50.1. The van der Waals surface area contributed by atoms with Gasteiger partial charge in [-0.3, -0.25) is 14.5 Å². The van der Waals surface area contributed by atoms with Crippen molar-refractivity contribution in [1.29, 1.82) is 0 Å². The Morgan fingerprint density at radius 3 is 2.51 bits per heavy atom. The van der Waals surface area contributed by atoms with Gasteiger partial charge in [0.1, 0.15) is 16.2 Å². The summed E-state index contributed by atoms with van der Waals surface area (Å²) in [5.41, 5.74) is 2.87. The zero-order valence-corrected chi connectivity index (χ0v) is 24.2. The number of ether oxygens (including phenoxy) is 3. The first-order valence-corrected chi connectivity index (χ1v) is 13.6. The highest BCUT2D eigenvalue weighted by molar-refractivity contribution is 7.17. The Hall–Kier alpha value is -4.71. The number of carbonyl (C=O) groups excluding carboxylic acids is 3. The number of hydrogen-bond acceptors (Lipinski definition) is 10. The molecule has 0 aliphatic carbocycles. The molecule has 11 nitrogen and oxygen atoms in total. The van der Waals surface area contributed by atoms with Crippen LogP contribution in [0.15, 0.2) is 42.1 Å². The van der Waals surface area contributed by atoms with Crippen LogP contribution < -0.4 is 14.4 Å². The lowest BCUT2D eigenvalue weighted by Crippen LogP contribution is -2.29. The normalized spacial score (nSPS) is 16.4. The Morgan fingerprint density at radius 2 is 1.85 bits per heavy atom. The summed E-state index contributed by atoms with van der Waals surface area (Å²) in [5, 5.41) is 11.8. The highest BCUT2D eigenvalue weighted by Gasteiger charge is 2.49. The van der Waals surface area contributed by atoms with E-state index in [-0.39, 0.29) is 21.3 Å². The van der Waals surface area contributed by atoms with E-state index < -0.39 is 29.5 Å². The lowest BCUT2D eigenvalue weighted by Gasteiger charge is -2.23. The zero-order valence-electron chi connectivity index (χ0n) is 23.3. The molecule has 0 spiro atoms. The first-order valence-electron chi connectivity index (χ1n) is 12.7. The quantitative estimate of drug-likeness (QED) is 0.146. The van der Waals surface area contributed by atoms with Gasteiger partial charge in [0, 0.05) is 6.20 Å². The number of anilines is 1. The maximum atomic E-state index is 13.7. The second-order valence-corrected chi connectivity index (χ2v) is 10.3. The lowest BCUT2D eigenvalue weighted by molar-refractivity contribution is -0.132. The number of aliphatic hydroxyl groups is 1. The molecule has 0 bridgehead atoms. The number of esters is 1. The average Bonchev–Trinajstić information content (AvgIpc) is 3.60. The van der Waals surface area contributed by atoms with Gasteiger partial charge < -0.3 is 23.7 Å². The van der Waals surface area contributed by atoms with Crippen LogP contribution in [0.2, 0.25) is 0 Å².